The van der Waals surface area contributed by atoms with Gasteiger partial charge in [0.05, 0.1) is 7.11 Å². The molecule has 14 heavy (non-hydrogen) atoms. The largest absolute Gasteiger partial charge is 0.495 e. The number of hydrogen-bond acceptors (Lipinski definition) is 4. The van der Waals surface area contributed by atoms with E-state index in [9.17, 15) is 8.78 Å². The third-order valence-electron chi connectivity index (χ3n) is 1.41. The van der Waals surface area contributed by atoms with E-state index in [1.807, 2.05) is 0 Å². The zero-order chi connectivity index (χ0) is 10.6. The monoisotopic (exact) mass is 200 g/mol. The lowest BCUT2D eigenvalue weighted by atomic mass is 10.3. The lowest BCUT2D eigenvalue weighted by Gasteiger charge is -2.07. The number of methoxy groups -OCH3 is 1. The Bertz CT molecular complexity index is 363. The molecule has 0 spiro atoms. The predicted molar refractivity (Wildman–Crippen MR) is 42.1 cm³/mol. The van der Waals surface area contributed by atoms with E-state index in [0.717, 1.165) is 0 Å². The zero-order valence-electron chi connectivity index (χ0n) is 7.20. The van der Waals surface area contributed by atoms with Gasteiger partial charge in [-0.15, -0.1) is 0 Å². The lowest BCUT2D eigenvalue weighted by molar-refractivity contribution is -0.0531. The van der Waals surface area contributed by atoms with Crippen molar-refractivity contribution in [1.29, 1.82) is 5.26 Å². The van der Waals surface area contributed by atoms with Crippen molar-refractivity contribution in [3.63, 3.8) is 0 Å². The van der Waals surface area contributed by atoms with Gasteiger partial charge in [0.15, 0.2) is 5.56 Å². The topological polar surface area (TPSA) is 55.1 Å². The standard InChI is InChI=1S/C8H6F2N2O2/c1-13-6-2-3-12-7(5(6)4-11)14-8(9)10/h2-3,8H,1H3. The molecule has 0 aliphatic heterocycles. The fourth-order valence-electron chi connectivity index (χ4n) is 0.873. The molecule has 0 saturated carbocycles. The van der Waals surface area contributed by atoms with Gasteiger partial charge in [-0.05, 0) is 0 Å². The van der Waals surface area contributed by atoms with E-state index in [2.05, 4.69) is 9.72 Å². The van der Waals surface area contributed by atoms with Gasteiger partial charge < -0.3 is 9.47 Å². The average Bonchev–Trinajstić information content (AvgIpc) is 2.16. The van der Waals surface area contributed by atoms with Gasteiger partial charge in [-0.2, -0.15) is 14.0 Å². The summed E-state index contributed by atoms with van der Waals surface area (Å²) >= 11 is 0. The van der Waals surface area contributed by atoms with Crippen molar-refractivity contribution in [2.45, 2.75) is 6.61 Å². The molecule has 6 heteroatoms. The highest BCUT2D eigenvalue weighted by molar-refractivity contribution is 5.48. The molecule has 1 heterocycles. The van der Waals surface area contributed by atoms with E-state index in [1.54, 1.807) is 6.07 Å². The summed E-state index contributed by atoms with van der Waals surface area (Å²) in [6, 6.07) is 3.06. The number of alkyl halides is 2. The van der Waals surface area contributed by atoms with E-state index in [1.165, 1.54) is 19.4 Å². The maximum Gasteiger partial charge on any atom is 0.388 e. The number of halogens is 2. The van der Waals surface area contributed by atoms with Crippen molar-refractivity contribution >= 4 is 0 Å². The Morgan fingerprint density at radius 2 is 2.29 bits per heavy atom. The number of ether oxygens (including phenoxy) is 2. The van der Waals surface area contributed by atoms with Crippen LogP contribution in [0, 0.1) is 11.3 Å². The van der Waals surface area contributed by atoms with Crippen molar-refractivity contribution in [3.05, 3.63) is 17.8 Å². The third-order valence-corrected chi connectivity index (χ3v) is 1.41. The fourth-order valence-corrected chi connectivity index (χ4v) is 0.873. The molecule has 0 amide bonds. The number of nitrogens with zero attached hydrogens (tertiary/aromatic N) is 2. The molecule has 0 atom stereocenters. The predicted octanol–water partition coefficient (Wildman–Crippen LogP) is 1.56. The normalized spacial score (nSPS) is 9.64. The SMILES string of the molecule is COc1ccnc(OC(F)F)c1C#N. The first-order valence-electron chi connectivity index (χ1n) is 3.57. The maximum atomic E-state index is 11.9. The van der Waals surface area contributed by atoms with Crippen LogP contribution in [0.2, 0.25) is 0 Å². The molecule has 0 unspecified atom stereocenters. The summed E-state index contributed by atoms with van der Waals surface area (Å²) in [5.74, 6) is -0.278. The quantitative estimate of drug-likeness (QED) is 0.742. The summed E-state index contributed by atoms with van der Waals surface area (Å²) < 4.78 is 32.5. The highest BCUT2D eigenvalue weighted by Gasteiger charge is 2.14. The molecule has 4 nitrogen and oxygen atoms in total. The summed E-state index contributed by atoms with van der Waals surface area (Å²) in [5.41, 5.74) is -0.143. The van der Waals surface area contributed by atoms with Crippen molar-refractivity contribution < 1.29 is 18.3 Å². The first kappa shape index (κ1) is 10.2. The van der Waals surface area contributed by atoms with Crippen molar-refractivity contribution in [2.24, 2.45) is 0 Å². The van der Waals surface area contributed by atoms with Crippen LogP contribution in [-0.4, -0.2) is 18.7 Å². The van der Waals surface area contributed by atoms with Gasteiger partial charge in [-0.25, -0.2) is 4.98 Å². The third kappa shape index (κ3) is 2.07. The Morgan fingerprint density at radius 1 is 1.57 bits per heavy atom. The van der Waals surface area contributed by atoms with Gasteiger partial charge in [0.2, 0.25) is 5.88 Å². The van der Waals surface area contributed by atoms with Gasteiger partial charge >= 0.3 is 6.61 Å². The van der Waals surface area contributed by atoms with Crippen molar-refractivity contribution in [3.8, 4) is 17.7 Å². The Kier molecular flexibility index (Phi) is 3.18. The van der Waals surface area contributed by atoms with E-state index < -0.39 is 12.5 Å². The number of pyridine rings is 1. The molecular weight excluding hydrogens is 194 g/mol. The second-order valence-corrected chi connectivity index (χ2v) is 2.18. The van der Waals surface area contributed by atoms with Crippen molar-refractivity contribution in [2.75, 3.05) is 7.11 Å². The summed E-state index contributed by atoms with van der Waals surface area (Å²) in [5, 5.41) is 8.65. The Hall–Kier alpha value is -1.90. The Balaban J connectivity index is 3.10. The number of aromatic nitrogens is 1. The van der Waals surface area contributed by atoms with Crippen LogP contribution in [0.1, 0.15) is 5.56 Å². The minimum absolute atomic E-state index is 0.143. The summed E-state index contributed by atoms with van der Waals surface area (Å²) in [6.45, 7) is -3.01. The molecule has 0 N–H and O–H groups in total. The van der Waals surface area contributed by atoms with Crippen LogP contribution in [0.3, 0.4) is 0 Å². The second-order valence-electron chi connectivity index (χ2n) is 2.18. The van der Waals surface area contributed by atoms with Crippen molar-refractivity contribution in [1.82, 2.24) is 4.98 Å². The fraction of sp³-hybridized carbons (Fsp3) is 0.250. The van der Waals surface area contributed by atoms with Gasteiger partial charge in [-0.3, -0.25) is 0 Å². The minimum atomic E-state index is -3.01. The first-order chi connectivity index (χ1) is 6.69. The van der Waals surface area contributed by atoms with Gasteiger partial charge in [0.1, 0.15) is 11.8 Å². The van der Waals surface area contributed by atoms with Gasteiger partial charge in [0.25, 0.3) is 0 Å². The molecule has 0 fully saturated rings. The zero-order valence-corrected chi connectivity index (χ0v) is 7.20. The number of hydrogen-bond donors (Lipinski definition) is 0. The molecule has 0 radical (unpaired) electrons. The summed E-state index contributed by atoms with van der Waals surface area (Å²) in [4.78, 5) is 3.49. The molecule has 0 bridgehead atoms. The summed E-state index contributed by atoms with van der Waals surface area (Å²) in [6.07, 6.45) is 1.22. The molecular formula is C8H6F2N2O2. The smallest absolute Gasteiger partial charge is 0.388 e. The Morgan fingerprint density at radius 3 is 2.79 bits per heavy atom. The molecule has 1 aromatic rings. The van der Waals surface area contributed by atoms with Crippen LogP contribution in [-0.2, 0) is 0 Å². The molecule has 0 aromatic carbocycles. The second kappa shape index (κ2) is 4.37. The molecule has 0 aliphatic rings. The Labute approximate surface area is 78.7 Å². The van der Waals surface area contributed by atoms with Crippen LogP contribution in [0.15, 0.2) is 12.3 Å². The molecule has 0 aliphatic carbocycles. The minimum Gasteiger partial charge on any atom is -0.495 e. The number of nitriles is 1. The van der Waals surface area contributed by atoms with Crippen LogP contribution >= 0.6 is 0 Å². The van der Waals surface area contributed by atoms with Crippen LogP contribution in [0.4, 0.5) is 8.78 Å². The molecule has 0 saturated heterocycles. The van der Waals surface area contributed by atoms with E-state index in [4.69, 9.17) is 10.00 Å². The summed E-state index contributed by atoms with van der Waals surface area (Å²) in [7, 11) is 1.32. The molecule has 74 valence electrons. The van der Waals surface area contributed by atoms with E-state index >= 15 is 0 Å². The highest BCUT2D eigenvalue weighted by Crippen LogP contribution is 2.25. The van der Waals surface area contributed by atoms with Crippen LogP contribution in [0.5, 0.6) is 11.6 Å². The maximum absolute atomic E-state index is 11.9. The van der Waals surface area contributed by atoms with E-state index in [0.29, 0.717) is 0 Å². The lowest BCUT2D eigenvalue weighted by Crippen LogP contribution is -2.06. The van der Waals surface area contributed by atoms with Gasteiger partial charge in [0, 0.05) is 12.3 Å². The average molecular weight is 200 g/mol. The molecule has 1 aromatic heterocycles. The highest BCUT2D eigenvalue weighted by atomic mass is 19.3. The van der Waals surface area contributed by atoms with E-state index in [-0.39, 0.29) is 11.3 Å². The van der Waals surface area contributed by atoms with Crippen LogP contribution in [0.25, 0.3) is 0 Å². The number of rotatable bonds is 3. The van der Waals surface area contributed by atoms with Gasteiger partial charge in [-0.1, -0.05) is 0 Å². The first-order valence-corrected chi connectivity index (χ1v) is 3.57. The van der Waals surface area contributed by atoms with Crippen LogP contribution < -0.4 is 9.47 Å². The molecule has 1 rings (SSSR count).